The molecular weight excluding hydrogens is 218 g/mol. The molecule has 1 aromatic heterocycles. The summed E-state index contributed by atoms with van der Waals surface area (Å²) in [6, 6.07) is 8.55. The van der Waals surface area contributed by atoms with Crippen molar-refractivity contribution < 1.29 is 0 Å². The zero-order chi connectivity index (χ0) is 13.6. The van der Waals surface area contributed by atoms with E-state index in [1.807, 2.05) is 6.20 Å². The van der Waals surface area contributed by atoms with E-state index < -0.39 is 0 Å². The smallest absolute Gasteiger partial charge is 0.0500 e. The molecule has 0 radical (unpaired) electrons. The van der Waals surface area contributed by atoms with Crippen molar-refractivity contribution in [1.29, 1.82) is 0 Å². The molecule has 0 saturated carbocycles. The monoisotopic (exact) mass is 241 g/mol. The third-order valence-electron chi connectivity index (χ3n) is 3.26. The Hall–Kier alpha value is -1.37. The number of rotatable bonds is 0. The Labute approximate surface area is 110 Å². The number of fused-ring (bicyclic) bond motifs is 1. The summed E-state index contributed by atoms with van der Waals surface area (Å²) in [6.45, 7) is 13.5. The molecule has 96 valence electrons. The average molecular weight is 241 g/mol. The van der Waals surface area contributed by atoms with Crippen LogP contribution >= 0.6 is 0 Å². The normalized spacial score (nSPS) is 13.0. The van der Waals surface area contributed by atoms with Gasteiger partial charge in [0, 0.05) is 17.0 Å². The first-order valence-corrected chi connectivity index (χ1v) is 6.60. The lowest BCUT2D eigenvalue weighted by molar-refractivity contribution is 0.518. The largest absolute Gasteiger partial charge is 0.260 e. The molecule has 0 aliphatic heterocycles. The van der Waals surface area contributed by atoms with Gasteiger partial charge in [0.05, 0.1) is 5.69 Å². The second-order valence-electron chi connectivity index (χ2n) is 7.07. The van der Waals surface area contributed by atoms with Crippen molar-refractivity contribution >= 4 is 10.8 Å². The zero-order valence-electron chi connectivity index (χ0n) is 12.3. The summed E-state index contributed by atoms with van der Waals surface area (Å²) in [4.78, 5) is 4.74. The van der Waals surface area contributed by atoms with E-state index in [0.717, 1.165) is 0 Å². The number of nitrogens with zero attached hydrogens (tertiary/aromatic N) is 1. The van der Waals surface area contributed by atoms with E-state index in [1.165, 1.54) is 22.0 Å². The Morgan fingerprint density at radius 2 is 1.44 bits per heavy atom. The van der Waals surface area contributed by atoms with Gasteiger partial charge < -0.3 is 0 Å². The lowest BCUT2D eigenvalue weighted by Crippen LogP contribution is -2.23. The fraction of sp³-hybridized carbons (Fsp3) is 0.471. The van der Waals surface area contributed by atoms with E-state index in [-0.39, 0.29) is 10.8 Å². The van der Waals surface area contributed by atoms with E-state index in [9.17, 15) is 0 Å². The van der Waals surface area contributed by atoms with E-state index in [0.29, 0.717) is 0 Å². The van der Waals surface area contributed by atoms with Crippen molar-refractivity contribution in [3.05, 3.63) is 41.7 Å². The van der Waals surface area contributed by atoms with Gasteiger partial charge in [-0.05, 0) is 16.4 Å². The van der Waals surface area contributed by atoms with Crippen molar-refractivity contribution in [3.8, 4) is 0 Å². The molecule has 0 spiro atoms. The first-order chi connectivity index (χ1) is 8.21. The van der Waals surface area contributed by atoms with Gasteiger partial charge in [-0.1, -0.05) is 65.8 Å². The molecule has 1 heteroatoms. The Balaban J connectivity index is 2.89. The number of hydrogen-bond acceptors (Lipinski definition) is 1. The Bertz CT molecular complexity index is 568. The first kappa shape index (κ1) is 13.1. The van der Waals surface area contributed by atoms with E-state index in [4.69, 9.17) is 4.98 Å². The van der Waals surface area contributed by atoms with Crippen LogP contribution in [0.1, 0.15) is 52.8 Å². The lowest BCUT2D eigenvalue weighted by Gasteiger charge is -2.30. The van der Waals surface area contributed by atoms with E-state index >= 15 is 0 Å². The topological polar surface area (TPSA) is 12.9 Å². The standard InChI is InChI=1S/C17H23N/c1-16(2,3)14-13-10-8-7-9-12(13)11-18-15(14)17(4,5)6/h7-11H,1-6H3. The fourth-order valence-electron chi connectivity index (χ4n) is 2.49. The second kappa shape index (κ2) is 4.08. The van der Waals surface area contributed by atoms with Gasteiger partial charge in [0.2, 0.25) is 0 Å². The Morgan fingerprint density at radius 3 is 2.00 bits per heavy atom. The zero-order valence-corrected chi connectivity index (χ0v) is 12.3. The molecule has 0 unspecified atom stereocenters. The van der Waals surface area contributed by atoms with Crippen LogP contribution in [0.25, 0.3) is 10.8 Å². The molecule has 1 heterocycles. The Kier molecular flexibility index (Phi) is 2.96. The molecular formula is C17H23N. The maximum atomic E-state index is 4.74. The molecule has 0 saturated heterocycles. The molecule has 0 atom stereocenters. The molecule has 2 aromatic rings. The highest BCUT2D eigenvalue weighted by molar-refractivity contribution is 5.86. The van der Waals surface area contributed by atoms with Crippen LogP contribution in [-0.2, 0) is 10.8 Å². The third kappa shape index (κ3) is 2.27. The minimum Gasteiger partial charge on any atom is -0.260 e. The van der Waals surface area contributed by atoms with Crippen LogP contribution in [0.3, 0.4) is 0 Å². The van der Waals surface area contributed by atoms with Gasteiger partial charge in [-0.3, -0.25) is 4.98 Å². The summed E-state index contributed by atoms with van der Waals surface area (Å²) in [6.07, 6.45) is 2.01. The highest BCUT2D eigenvalue weighted by Gasteiger charge is 2.28. The number of hydrogen-bond donors (Lipinski definition) is 0. The molecule has 2 rings (SSSR count). The Morgan fingerprint density at radius 1 is 0.833 bits per heavy atom. The molecule has 0 aliphatic rings. The summed E-state index contributed by atoms with van der Waals surface area (Å²) >= 11 is 0. The third-order valence-corrected chi connectivity index (χ3v) is 3.26. The maximum absolute atomic E-state index is 4.74. The molecule has 18 heavy (non-hydrogen) atoms. The highest BCUT2D eigenvalue weighted by Crippen LogP contribution is 2.37. The summed E-state index contributed by atoms with van der Waals surface area (Å²) in [5, 5.41) is 2.57. The van der Waals surface area contributed by atoms with Crippen LogP contribution < -0.4 is 0 Å². The molecule has 1 nitrogen and oxygen atoms in total. The second-order valence-corrected chi connectivity index (χ2v) is 7.07. The number of pyridine rings is 1. The predicted molar refractivity (Wildman–Crippen MR) is 79.1 cm³/mol. The van der Waals surface area contributed by atoms with Gasteiger partial charge in [0.15, 0.2) is 0 Å². The van der Waals surface area contributed by atoms with E-state index in [1.54, 1.807) is 0 Å². The predicted octanol–water partition coefficient (Wildman–Crippen LogP) is 4.83. The van der Waals surface area contributed by atoms with Crippen LogP contribution in [0, 0.1) is 0 Å². The summed E-state index contributed by atoms with van der Waals surface area (Å²) < 4.78 is 0. The quantitative estimate of drug-likeness (QED) is 0.643. The van der Waals surface area contributed by atoms with Gasteiger partial charge in [-0.25, -0.2) is 0 Å². The van der Waals surface area contributed by atoms with Crippen LogP contribution in [-0.4, -0.2) is 4.98 Å². The van der Waals surface area contributed by atoms with Crippen LogP contribution in [0.2, 0.25) is 0 Å². The van der Waals surface area contributed by atoms with Gasteiger partial charge >= 0.3 is 0 Å². The minimum absolute atomic E-state index is 0.0760. The van der Waals surface area contributed by atoms with Crippen molar-refractivity contribution in [1.82, 2.24) is 4.98 Å². The SMILES string of the molecule is CC(C)(C)c1ncc2ccccc2c1C(C)(C)C. The van der Waals surface area contributed by atoms with Crippen LogP contribution in [0.5, 0.6) is 0 Å². The molecule has 0 amide bonds. The molecule has 1 aromatic carbocycles. The maximum Gasteiger partial charge on any atom is 0.0500 e. The van der Waals surface area contributed by atoms with Gasteiger partial charge in [0.25, 0.3) is 0 Å². The van der Waals surface area contributed by atoms with Crippen molar-refractivity contribution in [3.63, 3.8) is 0 Å². The number of benzene rings is 1. The van der Waals surface area contributed by atoms with Crippen molar-refractivity contribution in [2.45, 2.75) is 52.4 Å². The molecule has 0 N–H and O–H groups in total. The van der Waals surface area contributed by atoms with Crippen molar-refractivity contribution in [2.24, 2.45) is 0 Å². The van der Waals surface area contributed by atoms with Crippen molar-refractivity contribution in [2.75, 3.05) is 0 Å². The minimum atomic E-state index is 0.0760. The number of aromatic nitrogens is 1. The molecule has 0 fully saturated rings. The van der Waals surface area contributed by atoms with Crippen LogP contribution in [0.4, 0.5) is 0 Å². The van der Waals surface area contributed by atoms with Gasteiger partial charge in [-0.15, -0.1) is 0 Å². The van der Waals surface area contributed by atoms with Crippen LogP contribution in [0.15, 0.2) is 30.5 Å². The van der Waals surface area contributed by atoms with E-state index in [2.05, 4.69) is 65.8 Å². The summed E-state index contributed by atoms with van der Waals surface area (Å²) in [5.41, 5.74) is 2.78. The van der Waals surface area contributed by atoms with Gasteiger partial charge in [0.1, 0.15) is 0 Å². The fourth-order valence-corrected chi connectivity index (χ4v) is 2.49. The summed E-state index contributed by atoms with van der Waals surface area (Å²) in [5.74, 6) is 0. The summed E-state index contributed by atoms with van der Waals surface area (Å²) in [7, 11) is 0. The average Bonchev–Trinajstić information content (AvgIpc) is 2.24. The highest BCUT2D eigenvalue weighted by atomic mass is 14.7. The lowest BCUT2D eigenvalue weighted by atomic mass is 9.76. The molecule has 0 aliphatic carbocycles. The first-order valence-electron chi connectivity index (χ1n) is 6.60. The molecule has 0 bridgehead atoms. The van der Waals surface area contributed by atoms with Gasteiger partial charge in [-0.2, -0.15) is 0 Å².